The summed E-state index contributed by atoms with van der Waals surface area (Å²) in [6, 6.07) is 0. The van der Waals surface area contributed by atoms with Crippen molar-refractivity contribution < 1.29 is 19.2 Å². The second-order valence-corrected chi connectivity index (χ2v) is 1.05. The molecule has 0 nitrogen and oxygen atoms in total. The van der Waals surface area contributed by atoms with E-state index in [9.17, 15) is 0 Å². The molecule has 0 radical (unpaired) electrons. The first-order valence-corrected chi connectivity index (χ1v) is 2.14. The normalized spacial score (nSPS) is 5.20. The van der Waals surface area contributed by atoms with Crippen LogP contribution in [0.3, 0.4) is 0 Å². The van der Waals surface area contributed by atoms with Crippen molar-refractivity contribution in [2.45, 2.75) is 4.89 Å². The molecule has 0 saturated heterocycles. The molecule has 0 amide bonds. The van der Waals surface area contributed by atoms with E-state index in [1.807, 2.05) is 6.08 Å². The van der Waals surface area contributed by atoms with Crippen molar-refractivity contribution in [2.24, 2.45) is 0 Å². The SMILES string of the molecule is C=C[CH2][Pd].I. The van der Waals surface area contributed by atoms with Crippen LogP contribution in [-0.2, 0) is 19.2 Å². The van der Waals surface area contributed by atoms with Gasteiger partial charge in [-0.2, -0.15) is 0 Å². The zero-order valence-electron chi connectivity index (χ0n) is 2.72. The molecule has 0 saturated carbocycles. The molecule has 0 aromatic heterocycles. The Hall–Kier alpha value is 1.13. The van der Waals surface area contributed by atoms with Gasteiger partial charge in [-0.05, 0) is 0 Å². The predicted octanol–water partition coefficient (Wildman–Crippen LogP) is 1.76. The maximum Gasteiger partial charge on any atom is -0.107 e. The summed E-state index contributed by atoms with van der Waals surface area (Å²) >= 11 is 2.92. The summed E-state index contributed by atoms with van der Waals surface area (Å²) in [4.78, 5) is 0.933. The van der Waals surface area contributed by atoms with Gasteiger partial charge in [0.2, 0.25) is 0 Å². The summed E-state index contributed by atoms with van der Waals surface area (Å²) in [6.07, 6.45) is 1.81. The molecule has 0 atom stereocenters. The van der Waals surface area contributed by atoms with Gasteiger partial charge in [-0.3, -0.25) is 0 Å². The standard InChI is InChI=1S/C3H5.HI.Pd/c1-3-2;;/h3H,1-2H2;1H;. The second kappa shape index (κ2) is 8.93. The summed E-state index contributed by atoms with van der Waals surface area (Å²) in [5.41, 5.74) is 0. The molecule has 0 aromatic carbocycles. The monoisotopic (exact) mass is 275 g/mol. The summed E-state index contributed by atoms with van der Waals surface area (Å²) in [5, 5.41) is 0. The van der Waals surface area contributed by atoms with E-state index in [2.05, 4.69) is 25.8 Å². The average Bonchev–Trinajstić information content (AvgIpc) is 1.37. The minimum atomic E-state index is 0. The van der Waals surface area contributed by atoms with Crippen LogP contribution in [-0.4, -0.2) is 0 Å². The van der Waals surface area contributed by atoms with Gasteiger partial charge in [0.1, 0.15) is 0 Å². The summed E-state index contributed by atoms with van der Waals surface area (Å²) in [7, 11) is 0. The first-order chi connectivity index (χ1) is 1.91. The van der Waals surface area contributed by atoms with E-state index in [4.69, 9.17) is 0 Å². The molecule has 0 unspecified atom stereocenters. The van der Waals surface area contributed by atoms with Crippen molar-refractivity contribution in [1.29, 1.82) is 0 Å². The topological polar surface area (TPSA) is 0 Å². The molecular formula is C3H6IPd. The third-order valence-electron chi connectivity index (χ3n) is 0.0913. The number of hydrogen-bond donors (Lipinski definition) is 0. The number of rotatable bonds is 1. The van der Waals surface area contributed by atoms with E-state index in [1.54, 1.807) is 0 Å². The van der Waals surface area contributed by atoms with Gasteiger partial charge < -0.3 is 0 Å². The van der Waals surface area contributed by atoms with E-state index >= 15 is 0 Å². The van der Waals surface area contributed by atoms with Crippen molar-refractivity contribution in [2.75, 3.05) is 0 Å². The summed E-state index contributed by atoms with van der Waals surface area (Å²) in [5.74, 6) is 0. The largest absolute Gasteiger partial charge is 0.107 e. The van der Waals surface area contributed by atoms with Crippen LogP contribution >= 0.6 is 24.0 Å². The van der Waals surface area contributed by atoms with Gasteiger partial charge in [-0.1, -0.05) is 0 Å². The molecule has 5 heavy (non-hydrogen) atoms. The Morgan fingerprint density at radius 1 is 1.80 bits per heavy atom. The van der Waals surface area contributed by atoms with Crippen molar-refractivity contribution in [1.82, 2.24) is 0 Å². The molecule has 0 bridgehead atoms. The Balaban J connectivity index is 0. The molecule has 35 valence electrons. The maximum absolute atomic E-state index is 3.44. The molecule has 0 N–H and O–H groups in total. The molecule has 0 aromatic rings. The molecule has 0 spiro atoms. The third kappa shape index (κ3) is 11.1. The summed E-state index contributed by atoms with van der Waals surface area (Å²) in [6.45, 7) is 3.44. The van der Waals surface area contributed by atoms with Crippen LogP contribution in [0, 0.1) is 0 Å². The van der Waals surface area contributed by atoms with Gasteiger partial charge >= 0.3 is 36.8 Å². The first-order valence-electron chi connectivity index (χ1n) is 1.04. The zero-order valence-corrected chi connectivity index (χ0v) is 6.60. The fourth-order valence-corrected chi connectivity index (χ4v) is 0. The molecule has 0 rings (SSSR count). The molecule has 0 aliphatic rings. The van der Waals surface area contributed by atoms with Gasteiger partial charge in [0.15, 0.2) is 0 Å². The first kappa shape index (κ1) is 9.46. The van der Waals surface area contributed by atoms with E-state index in [-0.39, 0.29) is 24.0 Å². The van der Waals surface area contributed by atoms with Crippen LogP contribution < -0.4 is 0 Å². The van der Waals surface area contributed by atoms with E-state index in [1.165, 1.54) is 0 Å². The second-order valence-electron chi connectivity index (χ2n) is 0.418. The van der Waals surface area contributed by atoms with Crippen molar-refractivity contribution in [3.05, 3.63) is 12.7 Å². The van der Waals surface area contributed by atoms with Gasteiger partial charge in [0.25, 0.3) is 0 Å². The summed E-state index contributed by atoms with van der Waals surface area (Å²) < 4.78 is 0. The van der Waals surface area contributed by atoms with Crippen LogP contribution in [0.1, 0.15) is 0 Å². The number of allylic oxidation sites excluding steroid dienone is 1. The number of hydrogen-bond acceptors (Lipinski definition) is 0. The molecule has 0 aliphatic heterocycles. The smallest absolute Gasteiger partial charge is 0.107 e. The third-order valence-corrected chi connectivity index (χ3v) is 0.540. The molecule has 0 heterocycles. The van der Waals surface area contributed by atoms with Crippen LogP contribution in [0.25, 0.3) is 0 Å². The van der Waals surface area contributed by atoms with Crippen LogP contribution in [0.15, 0.2) is 12.7 Å². The molecule has 0 fully saturated rings. The zero-order chi connectivity index (χ0) is 3.41. The van der Waals surface area contributed by atoms with E-state index in [0.717, 1.165) is 4.89 Å². The Morgan fingerprint density at radius 2 is 2.00 bits per heavy atom. The van der Waals surface area contributed by atoms with Gasteiger partial charge in [0.05, 0.1) is 0 Å². The Morgan fingerprint density at radius 3 is 2.00 bits per heavy atom. The van der Waals surface area contributed by atoms with E-state index in [0.29, 0.717) is 0 Å². The van der Waals surface area contributed by atoms with Gasteiger partial charge in [-0.25, -0.2) is 0 Å². The van der Waals surface area contributed by atoms with Gasteiger partial charge in [0, 0.05) is 0 Å². The van der Waals surface area contributed by atoms with Crippen LogP contribution in [0.5, 0.6) is 0 Å². The van der Waals surface area contributed by atoms with Crippen molar-refractivity contribution >= 4 is 24.0 Å². The molecule has 0 aliphatic carbocycles. The van der Waals surface area contributed by atoms with Crippen LogP contribution in [0.4, 0.5) is 0 Å². The minimum Gasteiger partial charge on any atom is -0.107 e. The average molecular weight is 275 g/mol. The molecule has 2 heteroatoms. The van der Waals surface area contributed by atoms with Crippen molar-refractivity contribution in [3.63, 3.8) is 0 Å². The van der Waals surface area contributed by atoms with Gasteiger partial charge in [-0.15, -0.1) is 24.0 Å². The number of halogens is 1. The Kier molecular flexibility index (Phi) is 16.9. The fraction of sp³-hybridized carbons (Fsp3) is 0.333. The fourth-order valence-electron chi connectivity index (χ4n) is 0. The Labute approximate surface area is 60.5 Å². The Bertz CT molecular complexity index is 20.9. The van der Waals surface area contributed by atoms with Crippen molar-refractivity contribution in [3.8, 4) is 0 Å². The maximum atomic E-state index is 3.44. The van der Waals surface area contributed by atoms with E-state index < -0.39 is 0 Å². The predicted molar refractivity (Wildman–Crippen MR) is 30.4 cm³/mol. The minimum absolute atomic E-state index is 0. The van der Waals surface area contributed by atoms with Crippen LogP contribution in [0.2, 0.25) is 4.89 Å². The molecular weight excluding hydrogens is 269 g/mol. The quantitative estimate of drug-likeness (QED) is 0.389.